The highest BCUT2D eigenvalue weighted by Gasteiger charge is 2.34. The number of hydrogen-bond donors (Lipinski definition) is 1. The number of benzene rings is 1. The largest absolute Gasteiger partial charge is 0.399 e. The van der Waals surface area contributed by atoms with Crippen LogP contribution < -0.4 is 5.73 Å². The van der Waals surface area contributed by atoms with Gasteiger partial charge in [0.1, 0.15) is 0 Å². The number of nitrogens with two attached hydrogens (primary N) is 1. The Morgan fingerprint density at radius 2 is 1.50 bits per heavy atom. The Bertz CT molecular complexity index is 729. The van der Waals surface area contributed by atoms with E-state index in [9.17, 15) is 13.2 Å². The summed E-state index contributed by atoms with van der Waals surface area (Å²) in [6.07, 6.45) is 0. The minimum atomic E-state index is -3.45. The van der Waals surface area contributed by atoms with Crippen molar-refractivity contribution in [1.82, 2.24) is 18.4 Å². The molecular formula is C16H26ClN5O3S. The van der Waals surface area contributed by atoms with Crippen LogP contribution in [0.2, 0.25) is 0 Å². The second-order valence-corrected chi connectivity index (χ2v) is 8.46. The first-order valence-corrected chi connectivity index (χ1v) is 9.86. The van der Waals surface area contributed by atoms with Gasteiger partial charge in [-0.1, -0.05) is 6.07 Å². The van der Waals surface area contributed by atoms with Crippen LogP contribution in [0.4, 0.5) is 5.69 Å². The third-order valence-electron chi connectivity index (χ3n) is 4.77. The molecule has 2 N–H and O–H groups in total. The SMILES string of the molecule is CN1CCN(S(=O)(=O)N2CCN(C(=O)c3cccc(N)c3)CC2)CC1.Cl. The summed E-state index contributed by atoms with van der Waals surface area (Å²) in [5, 5.41) is 0. The zero-order valence-corrected chi connectivity index (χ0v) is 16.5. The van der Waals surface area contributed by atoms with Crippen molar-refractivity contribution in [3.05, 3.63) is 29.8 Å². The number of hydrogen-bond acceptors (Lipinski definition) is 5. The van der Waals surface area contributed by atoms with Crippen molar-refractivity contribution in [3.8, 4) is 0 Å². The van der Waals surface area contributed by atoms with E-state index in [1.54, 1.807) is 33.5 Å². The summed E-state index contributed by atoms with van der Waals surface area (Å²) in [7, 11) is -1.46. The van der Waals surface area contributed by atoms with E-state index in [0.29, 0.717) is 50.5 Å². The molecule has 0 saturated carbocycles. The Morgan fingerprint density at radius 3 is 2.04 bits per heavy atom. The van der Waals surface area contributed by atoms with Crippen LogP contribution >= 0.6 is 12.4 Å². The second kappa shape index (κ2) is 8.53. The van der Waals surface area contributed by atoms with Crippen molar-refractivity contribution in [2.45, 2.75) is 0 Å². The van der Waals surface area contributed by atoms with E-state index in [1.165, 1.54) is 4.31 Å². The van der Waals surface area contributed by atoms with Crippen LogP contribution in [0.3, 0.4) is 0 Å². The molecule has 10 heteroatoms. The van der Waals surface area contributed by atoms with Crippen LogP contribution in [0, 0.1) is 0 Å². The van der Waals surface area contributed by atoms with Gasteiger partial charge in [0, 0.05) is 63.6 Å². The summed E-state index contributed by atoms with van der Waals surface area (Å²) in [4.78, 5) is 16.3. The molecule has 0 radical (unpaired) electrons. The molecule has 2 aliphatic rings. The average Bonchev–Trinajstić information content (AvgIpc) is 2.61. The molecule has 0 aromatic heterocycles. The van der Waals surface area contributed by atoms with E-state index in [1.807, 2.05) is 7.05 Å². The number of piperazine rings is 2. The number of halogens is 1. The molecule has 1 aromatic rings. The fourth-order valence-electron chi connectivity index (χ4n) is 3.16. The Kier molecular flexibility index (Phi) is 6.86. The van der Waals surface area contributed by atoms with Gasteiger partial charge in [-0.3, -0.25) is 4.79 Å². The quantitative estimate of drug-likeness (QED) is 0.714. The number of rotatable bonds is 3. The van der Waals surface area contributed by atoms with Crippen LogP contribution in [0.5, 0.6) is 0 Å². The van der Waals surface area contributed by atoms with E-state index in [4.69, 9.17) is 5.73 Å². The molecule has 2 aliphatic heterocycles. The topological polar surface area (TPSA) is 90.2 Å². The lowest BCUT2D eigenvalue weighted by Gasteiger charge is -2.39. The van der Waals surface area contributed by atoms with Crippen molar-refractivity contribution in [1.29, 1.82) is 0 Å². The third-order valence-corrected chi connectivity index (χ3v) is 6.81. The fraction of sp³-hybridized carbons (Fsp3) is 0.562. The summed E-state index contributed by atoms with van der Waals surface area (Å²) in [5.74, 6) is -0.107. The Hall–Kier alpha value is -1.39. The maximum absolute atomic E-state index is 12.8. The number of nitrogen functional groups attached to an aromatic ring is 1. The van der Waals surface area contributed by atoms with Crippen LogP contribution in [0.25, 0.3) is 0 Å². The lowest BCUT2D eigenvalue weighted by molar-refractivity contribution is 0.0692. The number of nitrogens with zero attached hydrogens (tertiary/aromatic N) is 4. The predicted molar refractivity (Wildman–Crippen MR) is 104 cm³/mol. The third kappa shape index (κ3) is 4.47. The van der Waals surface area contributed by atoms with Gasteiger partial charge >= 0.3 is 0 Å². The minimum Gasteiger partial charge on any atom is -0.399 e. The number of amides is 1. The molecule has 0 atom stereocenters. The summed E-state index contributed by atoms with van der Waals surface area (Å²) in [6.45, 7) is 3.94. The zero-order valence-electron chi connectivity index (χ0n) is 14.9. The molecule has 0 bridgehead atoms. The Morgan fingerprint density at radius 1 is 0.962 bits per heavy atom. The van der Waals surface area contributed by atoms with E-state index >= 15 is 0 Å². The van der Waals surface area contributed by atoms with E-state index in [0.717, 1.165) is 13.1 Å². The smallest absolute Gasteiger partial charge is 0.282 e. The fourth-order valence-corrected chi connectivity index (χ4v) is 4.73. The standard InChI is InChI=1S/C16H25N5O3S.ClH/c1-18-5-9-20(10-6-18)25(23,24)21-11-7-19(8-12-21)16(22)14-3-2-4-15(17)13-14;/h2-4,13H,5-12,17H2,1H3;1H. The molecule has 146 valence electrons. The van der Waals surface area contributed by atoms with Gasteiger partial charge in [0.15, 0.2) is 0 Å². The molecular weight excluding hydrogens is 378 g/mol. The minimum absolute atomic E-state index is 0. The predicted octanol–water partition coefficient (Wildman–Crippen LogP) is -0.0594. The van der Waals surface area contributed by atoms with E-state index in [2.05, 4.69) is 4.90 Å². The van der Waals surface area contributed by atoms with Gasteiger partial charge in [-0.2, -0.15) is 17.0 Å². The van der Waals surface area contributed by atoms with Crippen LogP contribution in [0.1, 0.15) is 10.4 Å². The van der Waals surface area contributed by atoms with E-state index < -0.39 is 10.2 Å². The normalized spacial score (nSPS) is 20.6. The van der Waals surface area contributed by atoms with Crippen molar-refractivity contribution in [2.75, 3.05) is 65.1 Å². The molecule has 2 fully saturated rings. The molecule has 2 saturated heterocycles. The summed E-state index contributed by atoms with van der Waals surface area (Å²) in [5.41, 5.74) is 6.81. The van der Waals surface area contributed by atoms with Gasteiger partial charge in [-0.25, -0.2) is 0 Å². The summed E-state index contributed by atoms with van der Waals surface area (Å²) in [6, 6.07) is 6.86. The second-order valence-electron chi connectivity index (χ2n) is 6.53. The summed E-state index contributed by atoms with van der Waals surface area (Å²) < 4.78 is 28.5. The van der Waals surface area contributed by atoms with E-state index in [-0.39, 0.29) is 18.3 Å². The molecule has 0 unspecified atom stereocenters. The van der Waals surface area contributed by atoms with Crippen LogP contribution in [-0.2, 0) is 10.2 Å². The maximum atomic E-state index is 12.8. The Labute approximate surface area is 161 Å². The van der Waals surface area contributed by atoms with Gasteiger partial charge in [0.25, 0.3) is 16.1 Å². The van der Waals surface area contributed by atoms with Crippen molar-refractivity contribution >= 4 is 34.2 Å². The van der Waals surface area contributed by atoms with Gasteiger partial charge in [0.05, 0.1) is 0 Å². The lowest BCUT2D eigenvalue weighted by atomic mass is 10.1. The van der Waals surface area contributed by atoms with Crippen molar-refractivity contribution < 1.29 is 13.2 Å². The van der Waals surface area contributed by atoms with Crippen molar-refractivity contribution in [2.24, 2.45) is 0 Å². The van der Waals surface area contributed by atoms with Crippen molar-refractivity contribution in [3.63, 3.8) is 0 Å². The van der Waals surface area contributed by atoms with Gasteiger partial charge in [-0.15, -0.1) is 12.4 Å². The maximum Gasteiger partial charge on any atom is 0.282 e. The first-order chi connectivity index (χ1) is 11.9. The molecule has 1 aromatic carbocycles. The number of carbonyl (C=O) groups is 1. The van der Waals surface area contributed by atoms with Crippen LogP contribution in [0.15, 0.2) is 24.3 Å². The number of carbonyl (C=O) groups excluding carboxylic acids is 1. The molecule has 8 nitrogen and oxygen atoms in total. The first kappa shape index (κ1) is 20.9. The van der Waals surface area contributed by atoms with Gasteiger partial charge in [0.2, 0.25) is 0 Å². The summed E-state index contributed by atoms with van der Waals surface area (Å²) >= 11 is 0. The lowest BCUT2D eigenvalue weighted by Crippen LogP contribution is -2.57. The highest BCUT2D eigenvalue weighted by atomic mass is 35.5. The molecule has 3 rings (SSSR count). The molecule has 26 heavy (non-hydrogen) atoms. The number of likely N-dealkylation sites (N-methyl/N-ethyl adjacent to an activating group) is 1. The van der Waals surface area contributed by atoms with Gasteiger partial charge in [-0.05, 0) is 25.2 Å². The molecule has 1 amide bonds. The van der Waals surface area contributed by atoms with Gasteiger partial charge < -0.3 is 15.5 Å². The Balaban J connectivity index is 0.00000243. The number of anilines is 1. The highest BCUT2D eigenvalue weighted by Crippen LogP contribution is 2.16. The highest BCUT2D eigenvalue weighted by molar-refractivity contribution is 7.86. The zero-order chi connectivity index (χ0) is 18.0. The van der Waals surface area contributed by atoms with Crippen LogP contribution in [-0.4, -0.2) is 92.1 Å². The average molecular weight is 404 g/mol. The first-order valence-electron chi connectivity index (χ1n) is 8.46. The molecule has 2 heterocycles. The molecule has 0 spiro atoms. The molecule has 0 aliphatic carbocycles. The monoisotopic (exact) mass is 403 g/mol.